The van der Waals surface area contributed by atoms with Crippen LogP contribution in [-0.4, -0.2) is 70.6 Å². The highest BCUT2D eigenvalue weighted by Crippen LogP contribution is 2.65. The molecule has 0 radical (unpaired) electrons. The van der Waals surface area contributed by atoms with Gasteiger partial charge in [-0.2, -0.15) is 0 Å². The summed E-state index contributed by atoms with van der Waals surface area (Å²) in [6.07, 6.45) is 6.67. The first-order valence-corrected chi connectivity index (χ1v) is 15.7. The van der Waals surface area contributed by atoms with Crippen LogP contribution in [0.2, 0.25) is 0 Å². The molecular weight excluding hydrogens is 550 g/mol. The number of Topliss-reactive ketones (excluding diaryl/α,β-unsaturated/α-hetero) is 1. The van der Waals surface area contributed by atoms with E-state index in [1.165, 1.54) is 0 Å². The molecule has 1 aliphatic heterocycles. The van der Waals surface area contributed by atoms with Gasteiger partial charge >= 0.3 is 6.03 Å². The third kappa shape index (κ3) is 8.23. The Bertz CT molecular complexity index is 1120. The van der Waals surface area contributed by atoms with Crippen molar-refractivity contribution < 1.29 is 28.8 Å². The Kier molecular flexibility index (Phi) is 10.8. The molecule has 5 unspecified atom stereocenters. The summed E-state index contributed by atoms with van der Waals surface area (Å²) >= 11 is 0. The number of ketones is 1. The van der Waals surface area contributed by atoms with Gasteiger partial charge in [0.2, 0.25) is 23.5 Å². The summed E-state index contributed by atoms with van der Waals surface area (Å²) in [5.74, 6) is -3.98. The number of allylic oxidation sites excluding steroid dienone is 1. The second-order valence-corrected chi connectivity index (χ2v) is 14.4. The third-order valence-electron chi connectivity index (χ3n) is 9.20. The molecule has 1 saturated heterocycles. The minimum Gasteiger partial charge on any atom is -0.344 e. The molecule has 3 rings (SSSR count). The van der Waals surface area contributed by atoms with Crippen molar-refractivity contribution in [2.24, 2.45) is 29.1 Å². The van der Waals surface area contributed by atoms with Crippen LogP contribution >= 0.6 is 0 Å². The molecule has 1 heterocycles. The van der Waals surface area contributed by atoms with Crippen LogP contribution in [0.5, 0.6) is 0 Å². The Morgan fingerprint density at radius 2 is 1.63 bits per heavy atom. The Morgan fingerprint density at radius 1 is 1.00 bits per heavy atom. The number of carbonyl (C=O) groups excluding carboxylic acids is 6. The summed E-state index contributed by atoms with van der Waals surface area (Å²) in [4.78, 5) is 80.5. The maximum Gasteiger partial charge on any atom is 0.315 e. The van der Waals surface area contributed by atoms with Crippen molar-refractivity contribution in [3.05, 3.63) is 12.7 Å². The predicted octanol–water partition coefficient (Wildman–Crippen LogP) is 2.83. The van der Waals surface area contributed by atoms with E-state index in [9.17, 15) is 28.8 Å². The maximum atomic E-state index is 14.2. The van der Waals surface area contributed by atoms with E-state index in [-0.39, 0.29) is 35.5 Å². The fraction of sp³-hybridized carbons (Fsp3) is 0.750. The summed E-state index contributed by atoms with van der Waals surface area (Å²) in [5.41, 5.74) is -0.678. The molecule has 2 aliphatic carbocycles. The quantitative estimate of drug-likeness (QED) is 0.211. The molecule has 0 aromatic rings. The second kappa shape index (κ2) is 13.6. The van der Waals surface area contributed by atoms with Crippen molar-refractivity contribution >= 4 is 35.4 Å². The second-order valence-electron chi connectivity index (χ2n) is 14.4. The molecule has 11 nitrogen and oxygen atoms in total. The van der Waals surface area contributed by atoms with Crippen molar-refractivity contribution in [1.29, 1.82) is 0 Å². The number of likely N-dealkylation sites (tertiary alicyclic amines) is 1. The van der Waals surface area contributed by atoms with Gasteiger partial charge < -0.3 is 20.9 Å². The molecule has 0 aromatic heterocycles. The highest BCUT2D eigenvalue weighted by Gasteiger charge is 2.69. The lowest BCUT2D eigenvalue weighted by Crippen LogP contribution is -2.61. The number of hydrogen-bond acceptors (Lipinski definition) is 6. The van der Waals surface area contributed by atoms with Crippen LogP contribution in [0.3, 0.4) is 0 Å². The molecule has 6 amide bonds. The number of imide groups is 1. The minimum absolute atomic E-state index is 0.0512. The summed E-state index contributed by atoms with van der Waals surface area (Å²) in [5, 5.41) is 10.7. The van der Waals surface area contributed by atoms with Crippen molar-refractivity contribution in [2.45, 2.75) is 117 Å². The molecule has 43 heavy (non-hydrogen) atoms. The van der Waals surface area contributed by atoms with E-state index in [2.05, 4.69) is 41.7 Å². The normalized spacial score (nSPS) is 24.3. The Morgan fingerprint density at radius 3 is 2.19 bits per heavy atom. The van der Waals surface area contributed by atoms with Gasteiger partial charge in [0, 0.05) is 18.0 Å². The standard InChI is InChI=1S/C32H51N5O6/c1-9-10-16-21(25(38)28(41)35-26(39)18(2)3)33-27(40)24-22-20(32(22,7)8)17-37(24)29(42)23(19-14-12-11-13-15-19)34-30(43)36-31(4,5)6/h9,18-24H,1,10-17H2,2-8H3,(H,33,40)(H2,34,36,43)(H,35,39,41). The number of carbonyl (C=O) groups is 6. The zero-order chi connectivity index (χ0) is 32.3. The zero-order valence-electron chi connectivity index (χ0n) is 26.9. The van der Waals surface area contributed by atoms with Gasteiger partial charge in [0.25, 0.3) is 5.91 Å². The SMILES string of the molecule is C=CCCC(NC(=O)C1C2C(CN1C(=O)C(NC(=O)NC(C)(C)C)C1CCCCC1)C2(C)C)C(=O)C(=O)NC(=O)C(C)C. The first kappa shape index (κ1) is 34.3. The molecule has 0 aromatic carbocycles. The van der Waals surface area contributed by atoms with Crippen LogP contribution in [0, 0.1) is 29.1 Å². The molecule has 2 saturated carbocycles. The van der Waals surface area contributed by atoms with E-state index >= 15 is 0 Å². The van der Waals surface area contributed by atoms with E-state index in [1.807, 2.05) is 20.8 Å². The highest BCUT2D eigenvalue weighted by molar-refractivity contribution is 6.40. The van der Waals surface area contributed by atoms with Crippen molar-refractivity contribution in [3.8, 4) is 0 Å². The van der Waals surface area contributed by atoms with Gasteiger partial charge in [0.15, 0.2) is 0 Å². The van der Waals surface area contributed by atoms with Crippen LogP contribution in [0.4, 0.5) is 4.79 Å². The number of fused-ring (bicyclic) bond motifs is 1. The van der Waals surface area contributed by atoms with Crippen LogP contribution in [0.15, 0.2) is 12.7 Å². The van der Waals surface area contributed by atoms with Crippen molar-refractivity contribution in [2.75, 3.05) is 6.54 Å². The molecule has 3 aliphatic rings. The number of rotatable bonds is 11. The molecule has 0 bridgehead atoms. The largest absolute Gasteiger partial charge is 0.344 e. The Hall–Kier alpha value is -3.24. The fourth-order valence-electron chi connectivity index (χ4n) is 6.65. The fourth-order valence-corrected chi connectivity index (χ4v) is 6.65. The third-order valence-corrected chi connectivity index (χ3v) is 9.20. The van der Waals surface area contributed by atoms with Crippen LogP contribution in [-0.2, 0) is 24.0 Å². The number of amides is 6. The van der Waals surface area contributed by atoms with Gasteiger partial charge in [-0.05, 0) is 69.6 Å². The molecule has 3 fully saturated rings. The first-order valence-electron chi connectivity index (χ1n) is 15.7. The van der Waals surface area contributed by atoms with Crippen molar-refractivity contribution in [1.82, 2.24) is 26.2 Å². The molecule has 0 spiro atoms. The van der Waals surface area contributed by atoms with E-state index in [4.69, 9.17) is 0 Å². The van der Waals surface area contributed by atoms with Gasteiger partial charge in [-0.3, -0.25) is 29.3 Å². The lowest BCUT2D eigenvalue weighted by molar-refractivity contribution is -0.145. The highest BCUT2D eigenvalue weighted by atomic mass is 16.2. The Balaban J connectivity index is 1.85. The lowest BCUT2D eigenvalue weighted by Gasteiger charge is -2.37. The van der Waals surface area contributed by atoms with Gasteiger partial charge in [-0.15, -0.1) is 6.58 Å². The lowest BCUT2D eigenvalue weighted by atomic mass is 9.83. The minimum atomic E-state index is -1.19. The van der Waals surface area contributed by atoms with Gasteiger partial charge in [0.1, 0.15) is 12.1 Å². The molecule has 5 atom stereocenters. The molecule has 4 N–H and O–H groups in total. The molecule has 11 heteroatoms. The summed E-state index contributed by atoms with van der Waals surface area (Å²) in [6.45, 7) is 17.0. The number of nitrogens with zero attached hydrogens (tertiary/aromatic N) is 1. The molecule has 240 valence electrons. The number of hydrogen-bond donors (Lipinski definition) is 4. The van der Waals surface area contributed by atoms with Crippen LogP contribution in [0.1, 0.15) is 93.4 Å². The average molecular weight is 602 g/mol. The van der Waals surface area contributed by atoms with Crippen LogP contribution in [0.25, 0.3) is 0 Å². The van der Waals surface area contributed by atoms with Gasteiger partial charge in [-0.25, -0.2) is 4.79 Å². The Labute approximate surface area is 255 Å². The maximum absolute atomic E-state index is 14.2. The summed E-state index contributed by atoms with van der Waals surface area (Å²) < 4.78 is 0. The average Bonchev–Trinajstić information content (AvgIpc) is 3.24. The van der Waals surface area contributed by atoms with Gasteiger partial charge in [-0.1, -0.05) is 53.0 Å². The topological polar surface area (TPSA) is 154 Å². The smallest absolute Gasteiger partial charge is 0.315 e. The van der Waals surface area contributed by atoms with Gasteiger partial charge in [0.05, 0.1) is 6.04 Å². The van der Waals surface area contributed by atoms with E-state index in [1.54, 1.807) is 24.8 Å². The predicted molar refractivity (Wildman–Crippen MR) is 162 cm³/mol. The molecular formula is C32H51N5O6. The summed E-state index contributed by atoms with van der Waals surface area (Å²) in [7, 11) is 0. The van der Waals surface area contributed by atoms with E-state index in [0.29, 0.717) is 13.0 Å². The summed E-state index contributed by atoms with van der Waals surface area (Å²) in [6, 6.07) is -3.26. The van der Waals surface area contributed by atoms with E-state index in [0.717, 1.165) is 32.1 Å². The number of nitrogens with one attached hydrogen (secondary N) is 4. The number of urea groups is 1. The zero-order valence-corrected chi connectivity index (χ0v) is 26.9. The van der Waals surface area contributed by atoms with E-state index < -0.39 is 59.1 Å². The van der Waals surface area contributed by atoms with Crippen molar-refractivity contribution in [3.63, 3.8) is 0 Å². The number of piperidine rings is 1. The van der Waals surface area contributed by atoms with Crippen LogP contribution < -0.4 is 21.3 Å². The first-order chi connectivity index (χ1) is 20.0. The monoisotopic (exact) mass is 601 g/mol.